The van der Waals surface area contributed by atoms with E-state index in [1.165, 1.54) is 11.1 Å². The van der Waals surface area contributed by atoms with Crippen LogP contribution in [0.4, 0.5) is 0 Å². The van der Waals surface area contributed by atoms with E-state index < -0.39 is 0 Å². The van der Waals surface area contributed by atoms with Crippen LogP contribution in [0.25, 0.3) is 0 Å². The van der Waals surface area contributed by atoms with Crippen molar-refractivity contribution < 1.29 is 0 Å². The summed E-state index contributed by atoms with van der Waals surface area (Å²) in [5.41, 5.74) is 8.81. The van der Waals surface area contributed by atoms with Gasteiger partial charge in [0.05, 0.1) is 0 Å². The van der Waals surface area contributed by atoms with Crippen molar-refractivity contribution in [3.63, 3.8) is 0 Å². The molecule has 0 saturated heterocycles. The second kappa shape index (κ2) is 5.75. The first-order chi connectivity index (χ1) is 9.28. The third-order valence-corrected chi connectivity index (χ3v) is 5.31. The maximum Gasteiger partial charge on any atom is 0.0474 e. The van der Waals surface area contributed by atoms with Gasteiger partial charge in [0.15, 0.2) is 0 Å². The van der Waals surface area contributed by atoms with Crippen molar-refractivity contribution >= 4 is 27.3 Å². The number of nitrogens with zero attached hydrogens (tertiary/aromatic N) is 1. The van der Waals surface area contributed by atoms with Gasteiger partial charge in [-0.1, -0.05) is 28.1 Å². The molecule has 1 unspecified atom stereocenters. The summed E-state index contributed by atoms with van der Waals surface area (Å²) in [7, 11) is 0. The third-order valence-electron chi connectivity index (χ3n) is 3.76. The maximum atomic E-state index is 6.02. The van der Waals surface area contributed by atoms with E-state index in [9.17, 15) is 0 Å². The average Bonchev–Trinajstić information content (AvgIpc) is 2.89. The monoisotopic (exact) mass is 336 g/mol. The Hall–Kier alpha value is -0.680. The van der Waals surface area contributed by atoms with E-state index in [1.54, 1.807) is 4.88 Å². The largest absolute Gasteiger partial charge is 0.329 e. The molecule has 3 rings (SSSR count). The Balaban J connectivity index is 1.82. The highest BCUT2D eigenvalue weighted by Crippen LogP contribution is 2.30. The molecule has 2 nitrogen and oxygen atoms in total. The van der Waals surface area contributed by atoms with Gasteiger partial charge in [-0.25, -0.2) is 0 Å². The van der Waals surface area contributed by atoms with Crippen LogP contribution in [0.3, 0.4) is 0 Å². The van der Waals surface area contributed by atoms with Gasteiger partial charge >= 0.3 is 0 Å². The standard InChI is InChI=1S/C15H17BrN2S/c16-13-3-1-11(2-4-13)14(9-17)18-7-5-15-12(10-18)6-8-19-15/h1-4,6,8,14H,5,7,9-10,17H2. The number of fused-ring (bicyclic) bond motifs is 1. The minimum Gasteiger partial charge on any atom is -0.329 e. The van der Waals surface area contributed by atoms with E-state index in [1.807, 2.05) is 11.3 Å². The minimum atomic E-state index is 0.321. The second-order valence-corrected chi connectivity index (χ2v) is 6.81. The quantitative estimate of drug-likeness (QED) is 0.928. The number of hydrogen-bond acceptors (Lipinski definition) is 3. The zero-order valence-electron chi connectivity index (χ0n) is 10.7. The van der Waals surface area contributed by atoms with E-state index in [0.717, 1.165) is 24.0 Å². The van der Waals surface area contributed by atoms with E-state index >= 15 is 0 Å². The van der Waals surface area contributed by atoms with Gasteiger partial charge in [-0.15, -0.1) is 11.3 Å². The van der Waals surface area contributed by atoms with E-state index in [2.05, 4.69) is 56.5 Å². The third kappa shape index (κ3) is 2.77. The predicted octanol–water partition coefficient (Wildman–Crippen LogP) is 3.57. The fourth-order valence-corrected chi connectivity index (χ4v) is 3.87. The first-order valence-electron chi connectivity index (χ1n) is 6.53. The highest BCUT2D eigenvalue weighted by molar-refractivity contribution is 9.10. The molecule has 0 spiro atoms. The Morgan fingerprint density at radius 1 is 1.26 bits per heavy atom. The first-order valence-corrected chi connectivity index (χ1v) is 8.20. The molecule has 0 saturated carbocycles. The van der Waals surface area contributed by atoms with Gasteiger partial charge < -0.3 is 5.73 Å². The molecule has 2 N–H and O–H groups in total. The van der Waals surface area contributed by atoms with E-state index in [4.69, 9.17) is 5.73 Å². The maximum absolute atomic E-state index is 6.02. The smallest absolute Gasteiger partial charge is 0.0474 e. The molecule has 1 atom stereocenters. The molecule has 100 valence electrons. The van der Waals surface area contributed by atoms with Gasteiger partial charge in [-0.3, -0.25) is 4.90 Å². The Bertz CT molecular complexity index is 550. The van der Waals surface area contributed by atoms with E-state index in [0.29, 0.717) is 12.6 Å². The van der Waals surface area contributed by atoms with Crippen molar-refractivity contribution in [2.45, 2.75) is 19.0 Å². The van der Waals surface area contributed by atoms with Crippen molar-refractivity contribution in [3.8, 4) is 0 Å². The summed E-state index contributed by atoms with van der Waals surface area (Å²) in [6.07, 6.45) is 1.15. The SMILES string of the molecule is NCC(c1ccc(Br)cc1)N1CCc2sccc2C1. The number of rotatable bonds is 3. The van der Waals surface area contributed by atoms with Crippen molar-refractivity contribution in [2.24, 2.45) is 5.73 Å². The lowest BCUT2D eigenvalue weighted by Gasteiger charge is -2.34. The van der Waals surface area contributed by atoms with Crippen LogP contribution in [0.1, 0.15) is 22.0 Å². The fourth-order valence-electron chi connectivity index (χ4n) is 2.72. The molecule has 2 aromatic rings. The molecule has 0 fully saturated rings. The van der Waals surface area contributed by atoms with Crippen molar-refractivity contribution in [3.05, 3.63) is 56.2 Å². The molecule has 4 heteroatoms. The Kier molecular flexibility index (Phi) is 4.03. The molecule has 0 aliphatic carbocycles. The summed E-state index contributed by atoms with van der Waals surface area (Å²) in [5.74, 6) is 0. The van der Waals surface area contributed by atoms with Crippen LogP contribution in [-0.2, 0) is 13.0 Å². The molecule has 1 aliphatic heterocycles. The van der Waals surface area contributed by atoms with Crippen molar-refractivity contribution in [1.29, 1.82) is 0 Å². The number of thiophene rings is 1. The summed E-state index contributed by atoms with van der Waals surface area (Å²) < 4.78 is 1.12. The Morgan fingerprint density at radius 2 is 2.05 bits per heavy atom. The Labute approximate surface area is 126 Å². The average molecular weight is 337 g/mol. The number of nitrogens with two attached hydrogens (primary N) is 1. The zero-order chi connectivity index (χ0) is 13.2. The highest BCUT2D eigenvalue weighted by Gasteiger charge is 2.24. The number of halogens is 1. The molecule has 1 aromatic carbocycles. The molecule has 19 heavy (non-hydrogen) atoms. The predicted molar refractivity (Wildman–Crippen MR) is 84.4 cm³/mol. The minimum absolute atomic E-state index is 0.321. The summed E-state index contributed by atoms with van der Waals surface area (Å²) in [4.78, 5) is 4.04. The molecular formula is C15H17BrN2S. The molecule has 1 aliphatic rings. The lowest BCUT2D eigenvalue weighted by molar-refractivity contribution is 0.185. The van der Waals surface area contributed by atoms with Gasteiger partial charge in [0.25, 0.3) is 0 Å². The Morgan fingerprint density at radius 3 is 2.79 bits per heavy atom. The van der Waals surface area contributed by atoms with Crippen LogP contribution in [0.15, 0.2) is 40.2 Å². The van der Waals surface area contributed by atoms with Crippen molar-refractivity contribution in [1.82, 2.24) is 4.90 Å². The van der Waals surface area contributed by atoms with Crippen LogP contribution in [0.5, 0.6) is 0 Å². The van der Waals surface area contributed by atoms with Crippen molar-refractivity contribution in [2.75, 3.05) is 13.1 Å². The number of benzene rings is 1. The number of hydrogen-bond donors (Lipinski definition) is 1. The van der Waals surface area contributed by atoms with Gasteiger partial charge in [0.1, 0.15) is 0 Å². The van der Waals surface area contributed by atoms with Gasteiger partial charge in [0, 0.05) is 35.0 Å². The van der Waals surface area contributed by atoms with Crippen LogP contribution in [-0.4, -0.2) is 18.0 Å². The normalized spacial score (nSPS) is 17.2. The fraction of sp³-hybridized carbons (Fsp3) is 0.333. The van der Waals surface area contributed by atoms with Gasteiger partial charge in [-0.05, 0) is 41.1 Å². The first kappa shape index (κ1) is 13.3. The van der Waals surface area contributed by atoms with E-state index in [-0.39, 0.29) is 0 Å². The summed E-state index contributed by atoms with van der Waals surface area (Å²) in [6.45, 7) is 2.79. The summed E-state index contributed by atoms with van der Waals surface area (Å²) in [5, 5.41) is 2.20. The van der Waals surface area contributed by atoms with Crippen LogP contribution in [0, 0.1) is 0 Å². The molecule has 0 radical (unpaired) electrons. The van der Waals surface area contributed by atoms with Crippen LogP contribution >= 0.6 is 27.3 Å². The molecular weight excluding hydrogens is 320 g/mol. The topological polar surface area (TPSA) is 29.3 Å². The molecule has 2 heterocycles. The molecule has 0 bridgehead atoms. The summed E-state index contributed by atoms with van der Waals surface area (Å²) in [6, 6.07) is 11.1. The molecule has 0 amide bonds. The highest BCUT2D eigenvalue weighted by atomic mass is 79.9. The van der Waals surface area contributed by atoms with Gasteiger partial charge in [0.2, 0.25) is 0 Å². The van der Waals surface area contributed by atoms with Crippen LogP contribution < -0.4 is 5.73 Å². The summed E-state index contributed by atoms with van der Waals surface area (Å²) >= 11 is 5.37. The lowest BCUT2D eigenvalue weighted by atomic mass is 10.0. The second-order valence-electron chi connectivity index (χ2n) is 4.89. The van der Waals surface area contributed by atoms with Crippen LogP contribution in [0.2, 0.25) is 0 Å². The van der Waals surface area contributed by atoms with Gasteiger partial charge in [-0.2, -0.15) is 0 Å². The lowest BCUT2D eigenvalue weighted by Crippen LogP contribution is -2.37. The molecule has 1 aromatic heterocycles. The zero-order valence-corrected chi connectivity index (χ0v) is 13.1.